The maximum atomic E-state index is 13.5. The van der Waals surface area contributed by atoms with Crippen molar-refractivity contribution in [3.05, 3.63) is 36.5 Å². The number of rotatable bonds is 54. The van der Waals surface area contributed by atoms with Gasteiger partial charge in [-0.2, -0.15) is 0 Å². The number of quaternary nitrogens is 1. The summed E-state index contributed by atoms with van der Waals surface area (Å²) in [5.41, 5.74) is 0. The lowest BCUT2D eigenvalue weighted by atomic mass is 10.0. The van der Waals surface area contributed by atoms with E-state index < -0.39 is 20.0 Å². The number of likely N-dealkylation sites (N-methyl/N-ethyl adjacent to an activating group) is 1. The number of allylic oxidation sites excluding steroid dienone is 5. The number of amides is 1. The van der Waals surface area contributed by atoms with E-state index in [1.807, 2.05) is 33.3 Å². The Bertz CT molecular complexity index is 1300. The van der Waals surface area contributed by atoms with Crippen molar-refractivity contribution in [2.45, 2.75) is 296 Å². The van der Waals surface area contributed by atoms with Gasteiger partial charge in [0, 0.05) is 12.8 Å². The van der Waals surface area contributed by atoms with Gasteiger partial charge in [0.15, 0.2) is 0 Å². The number of nitrogens with one attached hydrogen (secondary N) is 1. The molecule has 10 heteroatoms. The number of carbonyl (C=O) groups excluding carboxylic acids is 2. The summed E-state index contributed by atoms with van der Waals surface area (Å²) in [5.74, 6) is -0.500. The van der Waals surface area contributed by atoms with Crippen LogP contribution in [0.25, 0.3) is 0 Å². The van der Waals surface area contributed by atoms with Crippen LogP contribution in [-0.2, 0) is 27.9 Å². The lowest BCUT2D eigenvalue weighted by Crippen LogP contribution is -2.47. The minimum Gasteiger partial charge on any atom is -0.456 e. The predicted octanol–water partition coefficient (Wildman–Crippen LogP) is 17.9. The molecule has 412 valence electrons. The second-order valence-electron chi connectivity index (χ2n) is 21.5. The molecule has 3 atom stereocenters. The zero-order chi connectivity index (χ0) is 51.5. The first kappa shape index (κ1) is 68.2. The Morgan fingerprint density at radius 1 is 0.500 bits per heavy atom. The molecule has 0 aliphatic heterocycles. The van der Waals surface area contributed by atoms with Crippen molar-refractivity contribution in [1.82, 2.24) is 5.32 Å². The third kappa shape index (κ3) is 51.1. The van der Waals surface area contributed by atoms with Crippen molar-refractivity contribution >= 4 is 19.7 Å². The van der Waals surface area contributed by atoms with Crippen molar-refractivity contribution in [2.75, 3.05) is 40.9 Å². The van der Waals surface area contributed by atoms with Crippen molar-refractivity contribution in [3.8, 4) is 0 Å². The van der Waals surface area contributed by atoms with Crippen LogP contribution in [0.1, 0.15) is 284 Å². The maximum absolute atomic E-state index is 13.5. The fourth-order valence-corrected chi connectivity index (χ4v) is 9.41. The van der Waals surface area contributed by atoms with E-state index in [4.69, 9.17) is 13.8 Å². The molecule has 0 rings (SSSR count). The van der Waals surface area contributed by atoms with E-state index in [9.17, 15) is 19.0 Å². The third-order valence-corrected chi connectivity index (χ3v) is 14.3. The van der Waals surface area contributed by atoms with Crippen molar-refractivity contribution in [3.63, 3.8) is 0 Å². The van der Waals surface area contributed by atoms with E-state index in [-0.39, 0.29) is 31.5 Å². The number of hydrogen-bond donors (Lipinski definition) is 2. The van der Waals surface area contributed by atoms with Crippen LogP contribution in [0, 0.1) is 0 Å². The molecule has 1 amide bonds. The van der Waals surface area contributed by atoms with Gasteiger partial charge in [-0.15, -0.1) is 0 Å². The number of phosphoric ester groups is 1. The van der Waals surface area contributed by atoms with Gasteiger partial charge in [0.25, 0.3) is 0 Å². The molecule has 0 aromatic carbocycles. The number of esters is 1. The summed E-state index contributed by atoms with van der Waals surface area (Å²) in [7, 11) is 1.50. The van der Waals surface area contributed by atoms with Crippen LogP contribution in [0.2, 0.25) is 0 Å². The average Bonchev–Trinajstić information content (AvgIpc) is 3.32. The van der Waals surface area contributed by atoms with Crippen molar-refractivity contribution in [1.29, 1.82) is 0 Å². The second kappa shape index (κ2) is 50.7. The summed E-state index contributed by atoms with van der Waals surface area (Å²) in [6, 6.07) is -0.844. The van der Waals surface area contributed by atoms with Crippen LogP contribution in [0.15, 0.2) is 36.5 Å². The second-order valence-corrected chi connectivity index (χ2v) is 23.0. The molecule has 0 radical (unpaired) electrons. The average molecular weight is 1010 g/mol. The summed E-state index contributed by atoms with van der Waals surface area (Å²) in [5, 5.41) is 3.05. The van der Waals surface area contributed by atoms with E-state index in [1.165, 1.54) is 186 Å². The summed E-state index contributed by atoms with van der Waals surface area (Å²) < 4.78 is 30.6. The van der Waals surface area contributed by atoms with Gasteiger partial charge in [0.2, 0.25) is 5.91 Å². The molecule has 0 aromatic rings. The fourth-order valence-electron chi connectivity index (χ4n) is 8.68. The molecule has 0 bridgehead atoms. The first-order valence-electron chi connectivity index (χ1n) is 29.8. The normalized spacial score (nSPS) is 14.0. The Labute approximate surface area is 434 Å². The van der Waals surface area contributed by atoms with E-state index in [0.29, 0.717) is 17.4 Å². The molecule has 0 aliphatic carbocycles. The summed E-state index contributed by atoms with van der Waals surface area (Å²) in [6.45, 7) is 7.00. The van der Waals surface area contributed by atoms with Gasteiger partial charge in [-0.25, -0.2) is 4.57 Å². The smallest absolute Gasteiger partial charge is 0.456 e. The molecule has 0 aliphatic rings. The first-order valence-corrected chi connectivity index (χ1v) is 31.3. The summed E-state index contributed by atoms with van der Waals surface area (Å²) in [4.78, 5) is 37.6. The summed E-state index contributed by atoms with van der Waals surface area (Å²) in [6.07, 6.45) is 59.9. The fraction of sp³-hybridized carbons (Fsp3) is 0.867. The van der Waals surface area contributed by atoms with Gasteiger partial charge < -0.3 is 19.4 Å². The number of ether oxygens (including phenoxy) is 1. The quantitative estimate of drug-likeness (QED) is 0.0205. The third-order valence-electron chi connectivity index (χ3n) is 13.3. The molecular formula is C60H116N2O7P+. The molecule has 0 fully saturated rings. The van der Waals surface area contributed by atoms with E-state index in [1.54, 1.807) is 0 Å². The summed E-state index contributed by atoms with van der Waals surface area (Å²) >= 11 is 0. The van der Waals surface area contributed by atoms with Crippen molar-refractivity contribution < 1.29 is 37.3 Å². The van der Waals surface area contributed by atoms with Crippen molar-refractivity contribution in [2.24, 2.45) is 0 Å². The zero-order valence-electron chi connectivity index (χ0n) is 47.0. The highest BCUT2D eigenvalue weighted by molar-refractivity contribution is 7.47. The first-order chi connectivity index (χ1) is 33.9. The van der Waals surface area contributed by atoms with E-state index in [0.717, 1.165) is 64.2 Å². The molecule has 0 aromatic heterocycles. The van der Waals surface area contributed by atoms with Crippen LogP contribution < -0.4 is 5.32 Å². The van der Waals surface area contributed by atoms with Gasteiger partial charge in [-0.3, -0.25) is 18.6 Å². The van der Waals surface area contributed by atoms with Crippen LogP contribution in [0.3, 0.4) is 0 Å². The number of nitrogens with zero attached hydrogens (tertiary/aromatic N) is 1. The number of carbonyl (C=O) groups is 2. The zero-order valence-corrected chi connectivity index (χ0v) is 47.9. The number of phosphoric acid groups is 1. The molecule has 0 heterocycles. The van der Waals surface area contributed by atoms with Gasteiger partial charge in [0.05, 0.1) is 33.8 Å². The topological polar surface area (TPSA) is 111 Å². The Morgan fingerprint density at radius 3 is 1.31 bits per heavy atom. The van der Waals surface area contributed by atoms with Gasteiger partial charge in [-0.1, -0.05) is 244 Å². The monoisotopic (exact) mass is 1010 g/mol. The maximum Gasteiger partial charge on any atom is 0.472 e. The molecule has 0 spiro atoms. The standard InChI is InChI=1S/C60H115N2O7P/c1-7-10-13-16-19-22-25-27-29-30-31-32-33-35-38-41-44-47-50-53-60(64)69-58(51-48-45-42-39-36-24-21-18-15-12-9-3)57(56-68-70(65,66)67-55-54-62(4,5)6)61-59(63)52-49-46-43-40-37-34-28-26-23-20-17-14-11-8-2/h19,22,27,29,48,51,57-58H,7-18,20-21,23-26,28,30-47,49-50,52-56H2,1-6H3,(H-,61,63,65,66)/p+1/b22-19-,29-27-,51-48+. The number of unbranched alkanes of at least 4 members (excludes halogenated alkanes) is 34. The number of hydrogen-bond acceptors (Lipinski definition) is 6. The lowest BCUT2D eigenvalue weighted by Gasteiger charge is -2.27. The molecular weight excluding hydrogens is 892 g/mol. The largest absolute Gasteiger partial charge is 0.472 e. The van der Waals surface area contributed by atoms with Gasteiger partial charge >= 0.3 is 13.8 Å². The van der Waals surface area contributed by atoms with Gasteiger partial charge in [-0.05, 0) is 63.9 Å². The van der Waals surface area contributed by atoms with Crippen LogP contribution in [-0.4, -0.2) is 74.3 Å². The predicted molar refractivity (Wildman–Crippen MR) is 300 cm³/mol. The minimum atomic E-state index is -4.44. The Hall–Kier alpha value is -1.77. The van der Waals surface area contributed by atoms with Crippen LogP contribution >= 0.6 is 7.82 Å². The highest BCUT2D eigenvalue weighted by Gasteiger charge is 2.30. The molecule has 0 saturated carbocycles. The molecule has 0 saturated heterocycles. The molecule has 70 heavy (non-hydrogen) atoms. The van der Waals surface area contributed by atoms with Crippen LogP contribution in [0.5, 0.6) is 0 Å². The van der Waals surface area contributed by atoms with Crippen LogP contribution in [0.4, 0.5) is 0 Å². The molecule has 2 N–H and O–H groups in total. The Balaban J connectivity index is 5.24. The Kier molecular flexibility index (Phi) is 49.5. The highest BCUT2D eigenvalue weighted by atomic mass is 31.2. The SMILES string of the molecule is CCCCC/C=C\C/C=C\CCCCCCCCCCCC(=O)OC(/C=C/CCCCCCCCCCC)C(COP(=O)(O)OCC[N+](C)(C)C)NC(=O)CCCCCCCCCCCCCCCC. The van der Waals surface area contributed by atoms with Gasteiger partial charge in [0.1, 0.15) is 19.3 Å². The minimum absolute atomic E-state index is 0.0417. The molecule has 9 nitrogen and oxygen atoms in total. The molecule has 3 unspecified atom stereocenters. The lowest BCUT2D eigenvalue weighted by molar-refractivity contribution is -0.870. The van der Waals surface area contributed by atoms with E-state index >= 15 is 0 Å². The van der Waals surface area contributed by atoms with E-state index in [2.05, 4.69) is 50.4 Å². The Morgan fingerprint density at radius 2 is 0.871 bits per heavy atom. The highest BCUT2D eigenvalue weighted by Crippen LogP contribution is 2.43.